The fourth-order valence-electron chi connectivity index (χ4n) is 2.61. The first-order chi connectivity index (χ1) is 14.6. The summed E-state index contributed by atoms with van der Waals surface area (Å²) in [7, 11) is 1.34. The first kappa shape index (κ1) is 22.7. The molecule has 0 atom stereocenters. The van der Waals surface area contributed by atoms with Gasteiger partial charge in [-0.1, -0.05) is 10.3 Å². The zero-order valence-corrected chi connectivity index (χ0v) is 17.3. The predicted molar refractivity (Wildman–Crippen MR) is 114 cm³/mol. The maximum absolute atomic E-state index is 10.9. The van der Waals surface area contributed by atoms with Crippen LogP contribution in [-0.4, -0.2) is 49.4 Å². The molecule has 0 fully saturated rings. The summed E-state index contributed by atoms with van der Waals surface area (Å²) in [5, 5.41) is 16.9. The van der Waals surface area contributed by atoms with Gasteiger partial charge in [-0.2, -0.15) is 0 Å². The fourth-order valence-corrected chi connectivity index (χ4v) is 2.61. The normalized spacial score (nSPS) is 10.8. The summed E-state index contributed by atoms with van der Waals surface area (Å²) in [4.78, 5) is 21.0. The van der Waals surface area contributed by atoms with E-state index in [1.165, 1.54) is 7.11 Å². The Kier molecular flexibility index (Phi) is 9.18. The average molecular weight is 414 g/mol. The van der Waals surface area contributed by atoms with Crippen LogP contribution in [0.15, 0.2) is 58.8 Å². The lowest BCUT2D eigenvalue weighted by atomic mass is 10.0. The van der Waals surface area contributed by atoms with Gasteiger partial charge >= 0.3 is 5.97 Å². The topological polar surface area (TPSA) is 98.9 Å². The molecular formula is C22H26N2O6. The van der Waals surface area contributed by atoms with Crippen LogP contribution in [0.4, 0.5) is 0 Å². The number of carbonyl (C=O) groups is 1. The minimum Gasteiger partial charge on any atom is -0.494 e. The minimum absolute atomic E-state index is 0.113. The second-order valence-corrected chi connectivity index (χ2v) is 6.04. The monoisotopic (exact) mass is 414 g/mol. The van der Waals surface area contributed by atoms with Crippen molar-refractivity contribution in [1.82, 2.24) is 0 Å². The highest BCUT2D eigenvalue weighted by molar-refractivity contribution is 6.12. The molecule has 2 aromatic carbocycles. The highest BCUT2D eigenvalue weighted by Crippen LogP contribution is 2.19. The number of oxime groups is 2. The van der Waals surface area contributed by atoms with Gasteiger partial charge in [0.15, 0.2) is 6.61 Å². The Morgan fingerprint density at radius 2 is 1.37 bits per heavy atom. The van der Waals surface area contributed by atoms with E-state index in [0.717, 1.165) is 22.6 Å². The number of hydrogen-bond acceptors (Lipinski definition) is 7. The minimum atomic E-state index is -1.03. The van der Waals surface area contributed by atoms with E-state index >= 15 is 0 Å². The molecular weight excluding hydrogens is 388 g/mol. The van der Waals surface area contributed by atoms with Crippen molar-refractivity contribution in [2.24, 2.45) is 10.3 Å². The third-order valence-electron chi connectivity index (χ3n) is 3.84. The number of hydrogen-bond donors (Lipinski definition) is 1. The molecule has 0 bridgehead atoms. The maximum atomic E-state index is 10.9. The van der Waals surface area contributed by atoms with E-state index < -0.39 is 5.97 Å². The lowest BCUT2D eigenvalue weighted by molar-refractivity contribution is -0.135. The van der Waals surface area contributed by atoms with Crippen LogP contribution in [0, 0.1) is 0 Å². The summed E-state index contributed by atoms with van der Waals surface area (Å²) < 4.78 is 11.0. The first-order valence-corrected chi connectivity index (χ1v) is 9.54. The SMILES string of the molecule is CCOc1ccc(C(=NOCC(CC(=O)O)=NOC)c2ccc(OCC)cc2)cc1. The summed E-state index contributed by atoms with van der Waals surface area (Å²) in [5.74, 6) is 0.477. The van der Waals surface area contributed by atoms with Crippen LogP contribution in [0.5, 0.6) is 11.5 Å². The highest BCUT2D eigenvalue weighted by Gasteiger charge is 2.11. The van der Waals surface area contributed by atoms with Gasteiger partial charge in [0.05, 0.1) is 19.6 Å². The molecule has 0 unspecified atom stereocenters. The van der Waals surface area contributed by atoms with Crippen LogP contribution in [0.25, 0.3) is 0 Å². The predicted octanol–water partition coefficient (Wildman–Crippen LogP) is 3.73. The highest BCUT2D eigenvalue weighted by atomic mass is 16.6. The molecule has 0 radical (unpaired) electrons. The van der Waals surface area contributed by atoms with Crippen LogP contribution in [-0.2, 0) is 14.5 Å². The molecule has 0 aromatic heterocycles. The van der Waals surface area contributed by atoms with Crippen molar-refractivity contribution in [1.29, 1.82) is 0 Å². The van der Waals surface area contributed by atoms with Crippen molar-refractivity contribution in [2.45, 2.75) is 20.3 Å². The number of benzene rings is 2. The van der Waals surface area contributed by atoms with E-state index in [9.17, 15) is 4.79 Å². The first-order valence-electron chi connectivity index (χ1n) is 9.54. The van der Waals surface area contributed by atoms with Crippen molar-refractivity contribution >= 4 is 17.4 Å². The van der Waals surface area contributed by atoms with E-state index in [-0.39, 0.29) is 18.7 Å². The van der Waals surface area contributed by atoms with Crippen LogP contribution in [0.3, 0.4) is 0 Å². The fraction of sp³-hybridized carbons (Fsp3) is 0.318. The Bertz CT molecular complexity index is 809. The molecule has 8 heteroatoms. The van der Waals surface area contributed by atoms with Crippen LogP contribution in [0.2, 0.25) is 0 Å². The molecule has 0 aliphatic carbocycles. The largest absolute Gasteiger partial charge is 0.494 e. The Labute approximate surface area is 175 Å². The standard InChI is InChI=1S/C22H26N2O6/c1-4-28-19-10-6-16(7-11-19)22(17-8-12-20(13-9-17)29-5-2)24-30-15-18(23-27-3)14-21(25)26/h6-13H,4-5,14-15H2,1-3H3,(H,25,26). The second-order valence-electron chi connectivity index (χ2n) is 6.04. The van der Waals surface area contributed by atoms with Crippen LogP contribution in [0.1, 0.15) is 31.4 Å². The quantitative estimate of drug-likeness (QED) is 0.420. The molecule has 0 saturated heterocycles. The number of ether oxygens (including phenoxy) is 2. The number of aliphatic carboxylic acids is 1. The van der Waals surface area contributed by atoms with Crippen LogP contribution < -0.4 is 9.47 Å². The van der Waals surface area contributed by atoms with Gasteiger partial charge in [-0.25, -0.2) is 0 Å². The van der Waals surface area contributed by atoms with E-state index in [4.69, 9.17) is 19.4 Å². The lowest BCUT2D eigenvalue weighted by Gasteiger charge is -2.10. The molecule has 8 nitrogen and oxygen atoms in total. The molecule has 0 saturated carbocycles. The molecule has 0 aliphatic rings. The second kappa shape index (κ2) is 12.1. The lowest BCUT2D eigenvalue weighted by Crippen LogP contribution is -2.14. The van der Waals surface area contributed by atoms with Gasteiger partial charge in [0, 0.05) is 11.1 Å². The van der Waals surface area contributed by atoms with E-state index in [0.29, 0.717) is 18.9 Å². The Balaban J connectivity index is 2.28. The molecule has 2 aromatic rings. The Morgan fingerprint density at radius 3 is 1.77 bits per heavy atom. The van der Waals surface area contributed by atoms with Gasteiger partial charge in [0.2, 0.25) is 0 Å². The summed E-state index contributed by atoms with van der Waals surface area (Å²) in [6, 6.07) is 14.9. The average Bonchev–Trinajstić information content (AvgIpc) is 2.73. The van der Waals surface area contributed by atoms with Gasteiger partial charge < -0.3 is 24.3 Å². The molecule has 160 valence electrons. The molecule has 1 N–H and O–H groups in total. The third kappa shape index (κ3) is 7.12. The number of carboxylic acids is 1. The van der Waals surface area contributed by atoms with Gasteiger partial charge in [-0.05, 0) is 62.4 Å². The van der Waals surface area contributed by atoms with E-state index in [1.807, 2.05) is 62.4 Å². The van der Waals surface area contributed by atoms with Crippen molar-refractivity contribution in [3.63, 3.8) is 0 Å². The van der Waals surface area contributed by atoms with E-state index in [1.54, 1.807) is 0 Å². The molecule has 2 rings (SSSR count). The smallest absolute Gasteiger partial charge is 0.309 e. The van der Waals surface area contributed by atoms with Crippen molar-refractivity contribution < 1.29 is 29.0 Å². The van der Waals surface area contributed by atoms with E-state index in [2.05, 4.69) is 15.1 Å². The van der Waals surface area contributed by atoms with Gasteiger partial charge in [-0.15, -0.1) is 0 Å². The molecule has 0 amide bonds. The van der Waals surface area contributed by atoms with Crippen molar-refractivity contribution in [3.05, 3.63) is 59.7 Å². The number of carboxylic acid groups (broad SMARTS) is 1. The van der Waals surface area contributed by atoms with Crippen molar-refractivity contribution in [2.75, 3.05) is 26.9 Å². The van der Waals surface area contributed by atoms with Gasteiger partial charge in [0.25, 0.3) is 0 Å². The Hall–Kier alpha value is -3.55. The molecule has 0 spiro atoms. The Morgan fingerprint density at radius 1 is 0.867 bits per heavy atom. The maximum Gasteiger partial charge on any atom is 0.309 e. The summed E-state index contributed by atoms with van der Waals surface area (Å²) in [5.41, 5.74) is 2.41. The summed E-state index contributed by atoms with van der Waals surface area (Å²) >= 11 is 0. The van der Waals surface area contributed by atoms with Crippen LogP contribution >= 0.6 is 0 Å². The third-order valence-corrected chi connectivity index (χ3v) is 3.84. The molecule has 0 aliphatic heterocycles. The molecule has 0 heterocycles. The molecule has 30 heavy (non-hydrogen) atoms. The zero-order valence-electron chi connectivity index (χ0n) is 17.3. The van der Waals surface area contributed by atoms with Gasteiger partial charge in [-0.3, -0.25) is 4.79 Å². The zero-order chi connectivity index (χ0) is 21.8. The number of rotatable bonds is 12. The number of nitrogens with zero attached hydrogens (tertiary/aromatic N) is 2. The summed E-state index contributed by atoms with van der Waals surface area (Å²) in [6.45, 7) is 4.88. The summed E-state index contributed by atoms with van der Waals surface area (Å²) in [6.07, 6.45) is -0.301. The van der Waals surface area contributed by atoms with Gasteiger partial charge in [0.1, 0.15) is 30.0 Å². The van der Waals surface area contributed by atoms with Crippen molar-refractivity contribution in [3.8, 4) is 11.5 Å².